The Bertz CT molecular complexity index is 507. The van der Waals surface area contributed by atoms with Gasteiger partial charge >= 0.3 is 6.09 Å². The molecule has 1 aromatic carbocycles. The van der Waals surface area contributed by atoms with Crippen LogP contribution in [-0.2, 0) is 20.7 Å². The van der Waals surface area contributed by atoms with Crippen LogP contribution >= 0.6 is 0 Å². The lowest BCUT2D eigenvalue weighted by Crippen LogP contribution is -2.54. The molecule has 1 aliphatic rings. The van der Waals surface area contributed by atoms with E-state index < -0.39 is 11.7 Å². The number of rotatable bonds is 2. The lowest BCUT2D eigenvalue weighted by atomic mass is 10.0. The molecular weight excluding hydrogens is 270 g/mol. The van der Waals surface area contributed by atoms with Crippen LogP contribution in [0.2, 0.25) is 0 Å². The van der Waals surface area contributed by atoms with Crippen LogP contribution in [0.4, 0.5) is 4.79 Å². The number of benzene rings is 1. The Morgan fingerprint density at radius 1 is 1.33 bits per heavy atom. The molecule has 0 N–H and O–H groups in total. The third-order valence-corrected chi connectivity index (χ3v) is 3.07. The quantitative estimate of drug-likeness (QED) is 0.839. The van der Waals surface area contributed by atoms with Crippen molar-refractivity contribution in [2.24, 2.45) is 0 Å². The minimum absolute atomic E-state index is 0.0788. The van der Waals surface area contributed by atoms with Gasteiger partial charge in [0, 0.05) is 0 Å². The van der Waals surface area contributed by atoms with E-state index in [1.165, 1.54) is 4.90 Å². The third-order valence-electron chi connectivity index (χ3n) is 3.07. The van der Waals surface area contributed by atoms with Crippen LogP contribution in [0.1, 0.15) is 26.3 Å². The second-order valence-electron chi connectivity index (χ2n) is 6.10. The summed E-state index contributed by atoms with van der Waals surface area (Å²) in [5, 5.41) is 0. The number of morpholine rings is 1. The molecule has 0 aromatic heterocycles. The average Bonchev–Trinajstić information content (AvgIpc) is 2.37. The fraction of sp³-hybridized carbons (Fsp3) is 0.500. The Balaban J connectivity index is 2.13. The fourth-order valence-electron chi connectivity index (χ4n) is 2.23. The van der Waals surface area contributed by atoms with Gasteiger partial charge in [-0.1, -0.05) is 30.3 Å². The zero-order valence-electron chi connectivity index (χ0n) is 12.7. The molecule has 114 valence electrons. The number of hydrogen-bond donors (Lipinski definition) is 0. The molecule has 1 fully saturated rings. The van der Waals surface area contributed by atoms with E-state index in [-0.39, 0.29) is 18.6 Å². The predicted octanol–water partition coefficient (Wildman–Crippen LogP) is 2.39. The van der Waals surface area contributed by atoms with E-state index >= 15 is 0 Å². The van der Waals surface area contributed by atoms with Gasteiger partial charge in [0.15, 0.2) is 0 Å². The van der Waals surface area contributed by atoms with Crippen LogP contribution in [0.5, 0.6) is 0 Å². The number of amides is 2. The van der Waals surface area contributed by atoms with Gasteiger partial charge in [0.2, 0.25) is 0 Å². The third kappa shape index (κ3) is 4.29. The average molecular weight is 291 g/mol. The lowest BCUT2D eigenvalue weighted by molar-refractivity contribution is -0.146. The summed E-state index contributed by atoms with van der Waals surface area (Å²) < 4.78 is 10.6. The number of carbonyl (C=O) groups excluding carboxylic acids is 2. The second kappa shape index (κ2) is 6.26. The van der Waals surface area contributed by atoms with Gasteiger partial charge in [0.25, 0.3) is 5.91 Å². The van der Waals surface area contributed by atoms with E-state index in [0.29, 0.717) is 13.0 Å². The molecule has 21 heavy (non-hydrogen) atoms. The van der Waals surface area contributed by atoms with E-state index in [0.717, 1.165) is 5.56 Å². The summed E-state index contributed by atoms with van der Waals surface area (Å²) in [6, 6.07) is 9.39. The van der Waals surface area contributed by atoms with Gasteiger partial charge in [-0.15, -0.1) is 0 Å². The lowest BCUT2D eigenvalue weighted by Gasteiger charge is -2.35. The fourth-order valence-corrected chi connectivity index (χ4v) is 2.23. The van der Waals surface area contributed by atoms with E-state index in [1.54, 1.807) is 20.8 Å². The van der Waals surface area contributed by atoms with Crippen LogP contribution in [0.15, 0.2) is 30.3 Å². The molecule has 1 atom stereocenters. The Hall–Kier alpha value is -1.88. The maximum Gasteiger partial charge on any atom is 0.417 e. The highest BCUT2D eigenvalue weighted by Gasteiger charge is 2.36. The first kappa shape index (κ1) is 15.5. The van der Waals surface area contributed by atoms with Crippen LogP contribution in [0, 0.1) is 0 Å². The molecule has 1 aliphatic heterocycles. The van der Waals surface area contributed by atoms with Crippen molar-refractivity contribution in [1.82, 2.24) is 4.90 Å². The van der Waals surface area contributed by atoms with E-state index in [2.05, 4.69) is 0 Å². The Kier molecular flexibility index (Phi) is 4.63. The largest absolute Gasteiger partial charge is 0.443 e. The SMILES string of the molecule is CC(C)(C)OC(=O)N1C(=O)COC[C@@H]1Cc1ccccc1. The molecule has 1 aromatic rings. The molecule has 2 amide bonds. The van der Waals surface area contributed by atoms with Gasteiger partial charge < -0.3 is 9.47 Å². The van der Waals surface area contributed by atoms with Crippen molar-refractivity contribution in [2.75, 3.05) is 13.2 Å². The van der Waals surface area contributed by atoms with Gasteiger partial charge in [0.05, 0.1) is 12.6 Å². The summed E-state index contributed by atoms with van der Waals surface area (Å²) in [7, 11) is 0. The zero-order valence-corrected chi connectivity index (χ0v) is 12.7. The zero-order chi connectivity index (χ0) is 15.5. The minimum Gasteiger partial charge on any atom is -0.443 e. The summed E-state index contributed by atoms with van der Waals surface area (Å²) in [6.07, 6.45) is -0.0389. The maximum absolute atomic E-state index is 12.3. The molecule has 1 saturated heterocycles. The molecule has 0 spiro atoms. The number of nitrogens with zero attached hydrogens (tertiary/aromatic N) is 1. The normalized spacial score (nSPS) is 19.5. The van der Waals surface area contributed by atoms with Crippen LogP contribution < -0.4 is 0 Å². The Morgan fingerprint density at radius 3 is 2.62 bits per heavy atom. The predicted molar refractivity (Wildman–Crippen MR) is 77.8 cm³/mol. The number of carbonyl (C=O) groups is 2. The first-order chi connectivity index (χ1) is 9.87. The summed E-state index contributed by atoms with van der Waals surface area (Å²) in [6.45, 7) is 5.59. The highest BCUT2D eigenvalue weighted by molar-refractivity contribution is 5.93. The first-order valence-electron chi connectivity index (χ1n) is 7.03. The van der Waals surface area contributed by atoms with E-state index in [9.17, 15) is 9.59 Å². The molecule has 0 bridgehead atoms. The summed E-state index contributed by atoms with van der Waals surface area (Å²) in [4.78, 5) is 25.5. The summed E-state index contributed by atoms with van der Waals surface area (Å²) >= 11 is 0. The molecule has 5 heteroatoms. The van der Waals surface area contributed by atoms with Gasteiger partial charge in [0.1, 0.15) is 12.2 Å². The second-order valence-corrected chi connectivity index (χ2v) is 6.10. The Morgan fingerprint density at radius 2 is 2.00 bits per heavy atom. The summed E-state index contributed by atoms with van der Waals surface area (Å²) in [5.74, 6) is -0.351. The van der Waals surface area contributed by atoms with Crippen molar-refractivity contribution in [3.63, 3.8) is 0 Å². The van der Waals surface area contributed by atoms with Gasteiger partial charge in [-0.2, -0.15) is 0 Å². The topological polar surface area (TPSA) is 55.8 Å². The van der Waals surface area contributed by atoms with Crippen LogP contribution in [-0.4, -0.2) is 41.8 Å². The highest BCUT2D eigenvalue weighted by atomic mass is 16.6. The van der Waals surface area contributed by atoms with Gasteiger partial charge in [-0.25, -0.2) is 9.69 Å². The van der Waals surface area contributed by atoms with Crippen molar-refractivity contribution in [1.29, 1.82) is 0 Å². The van der Waals surface area contributed by atoms with Crippen molar-refractivity contribution in [3.8, 4) is 0 Å². The van der Waals surface area contributed by atoms with Crippen LogP contribution in [0.25, 0.3) is 0 Å². The number of ether oxygens (including phenoxy) is 2. The van der Waals surface area contributed by atoms with Crippen molar-refractivity contribution < 1.29 is 19.1 Å². The molecule has 0 aliphatic carbocycles. The van der Waals surface area contributed by atoms with Crippen molar-refractivity contribution in [3.05, 3.63) is 35.9 Å². The molecule has 5 nitrogen and oxygen atoms in total. The number of hydrogen-bond acceptors (Lipinski definition) is 4. The van der Waals surface area contributed by atoms with Crippen molar-refractivity contribution >= 4 is 12.0 Å². The Labute approximate surface area is 124 Å². The smallest absolute Gasteiger partial charge is 0.417 e. The standard InChI is InChI=1S/C16H21NO4/c1-16(2,3)21-15(19)17-13(10-20-11-14(17)18)9-12-7-5-4-6-8-12/h4-8,13H,9-11H2,1-3H3/t13-/m0/s1. The molecule has 0 unspecified atom stereocenters. The van der Waals surface area contributed by atoms with E-state index in [4.69, 9.17) is 9.47 Å². The molecular formula is C16H21NO4. The monoisotopic (exact) mass is 291 g/mol. The van der Waals surface area contributed by atoms with Gasteiger partial charge in [-0.3, -0.25) is 4.79 Å². The van der Waals surface area contributed by atoms with Crippen molar-refractivity contribution in [2.45, 2.75) is 38.8 Å². The maximum atomic E-state index is 12.3. The number of imide groups is 1. The van der Waals surface area contributed by atoms with E-state index in [1.807, 2.05) is 30.3 Å². The van der Waals surface area contributed by atoms with Gasteiger partial charge in [-0.05, 0) is 32.8 Å². The highest BCUT2D eigenvalue weighted by Crippen LogP contribution is 2.18. The summed E-state index contributed by atoms with van der Waals surface area (Å²) in [5.41, 5.74) is 0.418. The van der Waals surface area contributed by atoms with Crippen LogP contribution in [0.3, 0.4) is 0 Å². The molecule has 0 saturated carbocycles. The molecule has 0 radical (unpaired) electrons. The molecule has 2 rings (SSSR count). The first-order valence-corrected chi connectivity index (χ1v) is 7.03. The molecule has 1 heterocycles. The minimum atomic E-state index is -0.632.